The number of hydrogen-bond acceptors (Lipinski definition) is 4. The Kier molecular flexibility index (Phi) is 5.75. The van der Waals surface area contributed by atoms with Crippen LogP contribution in [-0.4, -0.2) is 46.0 Å². The number of likely N-dealkylation sites (tertiary alicyclic amines) is 1. The van der Waals surface area contributed by atoms with Gasteiger partial charge in [-0.2, -0.15) is 0 Å². The zero-order chi connectivity index (χ0) is 15.3. The fourth-order valence-corrected chi connectivity index (χ4v) is 3.66. The maximum atomic E-state index is 12.3. The van der Waals surface area contributed by atoms with Crippen molar-refractivity contribution in [1.82, 2.24) is 14.9 Å². The summed E-state index contributed by atoms with van der Waals surface area (Å²) in [6.45, 7) is 5.24. The van der Waals surface area contributed by atoms with Crippen LogP contribution in [0.5, 0.6) is 0 Å². The molecule has 1 saturated heterocycles. The third-order valence-electron chi connectivity index (χ3n) is 3.99. The van der Waals surface area contributed by atoms with Crippen molar-refractivity contribution in [3.8, 4) is 0 Å². The van der Waals surface area contributed by atoms with E-state index in [2.05, 4.69) is 14.9 Å². The van der Waals surface area contributed by atoms with Crippen molar-refractivity contribution in [2.24, 2.45) is 0 Å². The number of sulfonamides is 1. The summed E-state index contributed by atoms with van der Waals surface area (Å²) < 4.78 is 27.3. The Hall–Kier alpha value is -0.950. The molecule has 118 valence electrons. The van der Waals surface area contributed by atoms with Gasteiger partial charge in [0, 0.05) is 19.1 Å². The molecule has 0 aliphatic carbocycles. The molecule has 2 rings (SSSR count). The summed E-state index contributed by atoms with van der Waals surface area (Å²) in [5.74, 6) is 0. The van der Waals surface area contributed by atoms with Gasteiger partial charge >= 0.3 is 0 Å². The van der Waals surface area contributed by atoms with Crippen LogP contribution in [0.25, 0.3) is 0 Å². The minimum atomic E-state index is -3.41. The molecule has 6 heteroatoms. The van der Waals surface area contributed by atoms with E-state index < -0.39 is 10.0 Å². The van der Waals surface area contributed by atoms with Crippen LogP contribution in [-0.2, 0) is 16.6 Å². The van der Waals surface area contributed by atoms with Crippen LogP contribution in [0.1, 0.15) is 25.3 Å². The number of rotatable bonds is 7. The maximum absolute atomic E-state index is 12.3. The Bertz CT molecular complexity index is 543. The molecule has 0 radical (unpaired) electrons. The topological polar surface area (TPSA) is 61.4 Å². The Labute approximate surface area is 127 Å². The highest BCUT2D eigenvalue weighted by Gasteiger charge is 2.23. The molecule has 1 aromatic carbocycles. The highest BCUT2D eigenvalue weighted by Crippen LogP contribution is 2.15. The first kappa shape index (κ1) is 16.4. The monoisotopic (exact) mass is 311 g/mol. The Morgan fingerprint density at radius 1 is 1.29 bits per heavy atom. The van der Waals surface area contributed by atoms with Crippen molar-refractivity contribution < 1.29 is 8.42 Å². The van der Waals surface area contributed by atoms with Gasteiger partial charge in [-0.3, -0.25) is 0 Å². The van der Waals surface area contributed by atoms with Gasteiger partial charge in [-0.1, -0.05) is 19.1 Å². The summed E-state index contributed by atoms with van der Waals surface area (Å²) in [5, 5.41) is 3.22. The van der Waals surface area contributed by atoms with Crippen molar-refractivity contribution in [2.45, 2.75) is 37.2 Å². The van der Waals surface area contributed by atoms with Gasteiger partial charge in [-0.25, -0.2) is 13.1 Å². The third kappa shape index (κ3) is 4.51. The van der Waals surface area contributed by atoms with Gasteiger partial charge in [0.2, 0.25) is 10.0 Å². The van der Waals surface area contributed by atoms with Crippen molar-refractivity contribution >= 4 is 10.0 Å². The number of nitrogens with zero attached hydrogens (tertiary/aromatic N) is 1. The van der Waals surface area contributed by atoms with E-state index in [0.717, 1.165) is 38.0 Å². The predicted molar refractivity (Wildman–Crippen MR) is 84.7 cm³/mol. The summed E-state index contributed by atoms with van der Waals surface area (Å²) >= 11 is 0. The molecule has 2 N–H and O–H groups in total. The first-order chi connectivity index (χ1) is 10.0. The van der Waals surface area contributed by atoms with E-state index in [0.29, 0.717) is 17.5 Å². The lowest BCUT2D eigenvalue weighted by molar-refractivity contribution is 0.311. The number of likely N-dealkylation sites (N-methyl/N-ethyl adjacent to an activating group) is 1. The zero-order valence-electron chi connectivity index (χ0n) is 12.8. The molecule has 5 nitrogen and oxygen atoms in total. The predicted octanol–water partition coefficient (Wildman–Crippen LogP) is 1.17. The second-order valence-corrected chi connectivity index (χ2v) is 7.32. The van der Waals surface area contributed by atoms with E-state index in [1.807, 2.05) is 26.1 Å². The first-order valence-corrected chi connectivity index (χ1v) is 9.01. The van der Waals surface area contributed by atoms with Gasteiger partial charge in [-0.15, -0.1) is 0 Å². The van der Waals surface area contributed by atoms with E-state index in [9.17, 15) is 8.42 Å². The second kappa shape index (κ2) is 7.35. The number of nitrogens with one attached hydrogen (secondary N) is 2. The first-order valence-electron chi connectivity index (χ1n) is 7.52. The molecule has 1 atom stereocenters. The van der Waals surface area contributed by atoms with Crippen LogP contribution in [0.15, 0.2) is 29.2 Å². The van der Waals surface area contributed by atoms with Crippen LogP contribution in [0.4, 0.5) is 0 Å². The molecule has 0 aromatic heterocycles. The molecule has 1 aromatic rings. The highest BCUT2D eigenvalue weighted by molar-refractivity contribution is 7.89. The van der Waals surface area contributed by atoms with Gasteiger partial charge in [-0.05, 0) is 50.7 Å². The molecule has 1 unspecified atom stereocenters. The standard InChI is InChI=1S/C15H25N3O2S/c1-3-16-11-13-6-8-15(9-7-13)21(19,20)17-12-14-5-4-10-18(14)2/h6-9,14,16-17H,3-5,10-12H2,1-2H3. The SMILES string of the molecule is CCNCc1ccc(S(=O)(=O)NCC2CCCN2C)cc1. The van der Waals surface area contributed by atoms with Gasteiger partial charge in [0.25, 0.3) is 0 Å². The largest absolute Gasteiger partial charge is 0.313 e. The van der Waals surface area contributed by atoms with Crippen LogP contribution in [0, 0.1) is 0 Å². The van der Waals surface area contributed by atoms with Crippen LogP contribution in [0.3, 0.4) is 0 Å². The van der Waals surface area contributed by atoms with E-state index in [1.54, 1.807) is 12.1 Å². The fourth-order valence-electron chi connectivity index (χ4n) is 2.58. The van der Waals surface area contributed by atoms with E-state index in [4.69, 9.17) is 0 Å². The lowest BCUT2D eigenvalue weighted by Crippen LogP contribution is -2.38. The molecule has 1 heterocycles. The van der Waals surface area contributed by atoms with Crippen LogP contribution in [0.2, 0.25) is 0 Å². The fraction of sp³-hybridized carbons (Fsp3) is 0.600. The smallest absolute Gasteiger partial charge is 0.240 e. The summed E-state index contributed by atoms with van der Waals surface area (Å²) in [5.41, 5.74) is 1.09. The summed E-state index contributed by atoms with van der Waals surface area (Å²) in [6.07, 6.45) is 2.20. The Morgan fingerprint density at radius 2 is 2.00 bits per heavy atom. The molecule has 0 saturated carbocycles. The molecule has 1 aliphatic rings. The van der Waals surface area contributed by atoms with Gasteiger partial charge in [0.1, 0.15) is 0 Å². The van der Waals surface area contributed by atoms with E-state index >= 15 is 0 Å². The minimum absolute atomic E-state index is 0.313. The van der Waals surface area contributed by atoms with Crippen molar-refractivity contribution in [3.05, 3.63) is 29.8 Å². The van der Waals surface area contributed by atoms with Gasteiger partial charge in [0.15, 0.2) is 0 Å². The molecular weight excluding hydrogens is 286 g/mol. The quantitative estimate of drug-likeness (QED) is 0.793. The second-order valence-electron chi connectivity index (χ2n) is 5.55. The number of hydrogen-bond donors (Lipinski definition) is 2. The van der Waals surface area contributed by atoms with Gasteiger partial charge < -0.3 is 10.2 Å². The lowest BCUT2D eigenvalue weighted by atomic mass is 10.2. The molecule has 0 amide bonds. The van der Waals surface area contributed by atoms with Crippen LogP contribution >= 0.6 is 0 Å². The average Bonchev–Trinajstić information content (AvgIpc) is 2.89. The van der Waals surface area contributed by atoms with Gasteiger partial charge in [0.05, 0.1) is 4.90 Å². The number of benzene rings is 1. The molecule has 0 spiro atoms. The Morgan fingerprint density at radius 3 is 2.57 bits per heavy atom. The zero-order valence-corrected chi connectivity index (χ0v) is 13.6. The molecule has 21 heavy (non-hydrogen) atoms. The van der Waals surface area contributed by atoms with Crippen molar-refractivity contribution in [1.29, 1.82) is 0 Å². The van der Waals surface area contributed by atoms with E-state index in [-0.39, 0.29) is 0 Å². The maximum Gasteiger partial charge on any atom is 0.240 e. The lowest BCUT2D eigenvalue weighted by Gasteiger charge is -2.19. The summed E-state index contributed by atoms with van der Waals surface area (Å²) in [4.78, 5) is 2.55. The molecular formula is C15H25N3O2S. The van der Waals surface area contributed by atoms with Crippen LogP contribution < -0.4 is 10.0 Å². The summed E-state index contributed by atoms with van der Waals surface area (Å²) in [7, 11) is -1.36. The normalized spacial score (nSPS) is 20.0. The van der Waals surface area contributed by atoms with E-state index in [1.165, 1.54) is 0 Å². The van der Waals surface area contributed by atoms with Crippen molar-refractivity contribution in [2.75, 3.05) is 26.7 Å². The third-order valence-corrected chi connectivity index (χ3v) is 5.43. The molecule has 0 bridgehead atoms. The average molecular weight is 311 g/mol. The highest BCUT2D eigenvalue weighted by atomic mass is 32.2. The molecule has 1 aliphatic heterocycles. The minimum Gasteiger partial charge on any atom is -0.313 e. The Balaban J connectivity index is 1.95. The van der Waals surface area contributed by atoms with Crippen molar-refractivity contribution in [3.63, 3.8) is 0 Å². The summed E-state index contributed by atoms with van der Waals surface area (Å²) in [6, 6.07) is 7.38. The molecule has 1 fully saturated rings.